The van der Waals surface area contributed by atoms with Gasteiger partial charge in [0.2, 0.25) is 0 Å². The lowest BCUT2D eigenvalue weighted by Crippen LogP contribution is -2.21. The monoisotopic (exact) mass is 204 g/mol. The van der Waals surface area contributed by atoms with E-state index in [0.717, 1.165) is 0 Å². The molecule has 0 aliphatic carbocycles. The molecular weight excluding hydrogens is 184 g/mol. The zero-order chi connectivity index (χ0) is 10.5. The molecule has 0 aromatic heterocycles. The summed E-state index contributed by atoms with van der Waals surface area (Å²) in [7, 11) is 1.97. The van der Waals surface area contributed by atoms with E-state index in [1.807, 2.05) is 7.05 Å². The van der Waals surface area contributed by atoms with E-state index in [1.54, 1.807) is 0 Å². The van der Waals surface area contributed by atoms with Gasteiger partial charge in [-0.15, -0.1) is 0 Å². The number of nitrogens with zero attached hydrogens (tertiary/aromatic N) is 1. The molecule has 0 bridgehead atoms. The van der Waals surface area contributed by atoms with Crippen molar-refractivity contribution < 1.29 is 0 Å². The largest absolute Gasteiger partial charge is 0.388 e. The molecule has 1 N–H and O–H groups in total. The highest BCUT2D eigenvalue weighted by Gasteiger charge is 2.10. The third-order valence-corrected chi connectivity index (χ3v) is 3.13. The third kappa shape index (κ3) is 2.96. The molecule has 15 heavy (non-hydrogen) atoms. The van der Waals surface area contributed by atoms with Crippen LogP contribution in [0.15, 0.2) is 24.3 Å². The SMILES string of the molecule is CNc1cccc(CCN2CCCC2)c1. The summed E-state index contributed by atoms with van der Waals surface area (Å²) in [4.78, 5) is 2.56. The second kappa shape index (κ2) is 5.17. The minimum Gasteiger partial charge on any atom is -0.388 e. The van der Waals surface area contributed by atoms with Crippen LogP contribution in [-0.4, -0.2) is 31.6 Å². The smallest absolute Gasteiger partial charge is 0.0340 e. The second-order valence-corrected chi connectivity index (χ2v) is 4.25. The number of likely N-dealkylation sites (tertiary alicyclic amines) is 1. The number of hydrogen-bond acceptors (Lipinski definition) is 2. The van der Waals surface area contributed by atoms with Gasteiger partial charge in [-0.1, -0.05) is 12.1 Å². The van der Waals surface area contributed by atoms with Crippen molar-refractivity contribution in [3.8, 4) is 0 Å². The Morgan fingerprint density at radius 3 is 2.80 bits per heavy atom. The summed E-state index contributed by atoms with van der Waals surface area (Å²) in [6.45, 7) is 3.81. The van der Waals surface area contributed by atoms with Gasteiger partial charge in [-0.2, -0.15) is 0 Å². The zero-order valence-electron chi connectivity index (χ0n) is 9.50. The molecule has 82 valence electrons. The molecule has 1 aliphatic rings. The van der Waals surface area contributed by atoms with Gasteiger partial charge in [-0.3, -0.25) is 0 Å². The van der Waals surface area contributed by atoms with Gasteiger partial charge >= 0.3 is 0 Å². The van der Waals surface area contributed by atoms with E-state index >= 15 is 0 Å². The van der Waals surface area contributed by atoms with E-state index in [4.69, 9.17) is 0 Å². The van der Waals surface area contributed by atoms with Crippen molar-refractivity contribution in [2.24, 2.45) is 0 Å². The topological polar surface area (TPSA) is 15.3 Å². The van der Waals surface area contributed by atoms with Crippen molar-refractivity contribution in [1.29, 1.82) is 0 Å². The predicted molar refractivity (Wildman–Crippen MR) is 65.4 cm³/mol. The maximum atomic E-state index is 3.18. The fourth-order valence-electron chi connectivity index (χ4n) is 2.18. The van der Waals surface area contributed by atoms with Crippen molar-refractivity contribution in [1.82, 2.24) is 4.90 Å². The lowest BCUT2D eigenvalue weighted by molar-refractivity contribution is 0.343. The molecule has 2 nitrogen and oxygen atoms in total. The molecule has 1 heterocycles. The summed E-state index contributed by atoms with van der Waals surface area (Å²) in [5.74, 6) is 0. The van der Waals surface area contributed by atoms with Crippen LogP contribution in [0, 0.1) is 0 Å². The van der Waals surface area contributed by atoms with Gasteiger partial charge in [-0.05, 0) is 50.0 Å². The van der Waals surface area contributed by atoms with Crippen LogP contribution < -0.4 is 5.32 Å². The molecule has 1 aromatic carbocycles. The molecule has 0 spiro atoms. The van der Waals surface area contributed by atoms with Gasteiger partial charge in [-0.25, -0.2) is 0 Å². The quantitative estimate of drug-likeness (QED) is 0.810. The Hall–Kier alpha value is -1.02. The van der Waals surface area contributed by atoms with E-state index in [1.165, 1.54) is 50.1 Å². The molecule has 1 fully saturated rings. The first kappa shape index (κ1) is 10.5. The van der Waals surface area contributed by atoms with Crippen molar-refractivity contribution in [2.45, 2.75) is 19.3 Å². The summed E-state index contributed by atoms with van der Waals surface area (Å²) < 4.78 is 0. The van der Waals surface area contributed by atoms with Crippen molar-refractivity contribution >= 4 is 5.69 Å². The van der Waals surface area contributed by atoms with E-state index in [2.05, 4.69) is 34.5 Å². The van der Waals surface area contributed by atoms with E-state index < -0.39 is 0 Å². The minimum absolute atomic E-state index is 1.18. The number of hydrogen-bond donors (Lipinski definition) is 1. The summed E-state index contributed by atoms with van der Waals surface area (Å²) in [5, 5.41) is 3.18. The Morgan fingerprint density at radius 1 is 1.27 bits per heavy atom. The van der Waals surface area contributed by atoms with Crippen LogP contribution in [0.1, 0.15) is 18.4 Å². The van der Waals surface area contributed by atoms with Crippen LogP contribution in [0.2, 0.25) is 0 Å². The highest BCUT2D eigenvalue weighted by molar-refractivity contribution is 5.45. The van der Waals surface area contributed by atoms with Crippen LogP contribution in [-0.2, 0) is 6.42 Å². The molecule has 2 rings (SSSR count). The Bertz CT molecular complexity index is 303. The highest BCUT2D eigenvalue weighted by Crippen LogP contribution is 2.12. The molecule has 0 unspecified atom stereocenters. The number of rotatable bonds is 4. The first-order chi connectivity index (χ1) is 7.38. The maximum Gasteiger partial charge on any atom is 0.0340 e. The van der Waals surface area contributed by atoms with E-state index in [9.17, 15) is 0 Å². The Labute approximate surface area is 92.3 Å². The van der Waals surface area contributed by atoms with Crippen LogP contribution in [0.3, 0.4) is 0 Å². The first-order valence-corrected chi connectivity index (χ1v) is 5.87. The fraction of sp³-hybridized carbons (Fsp3) is 0.538. The van der Waals surface area contributed by atoms with E-state index in [0.29, 0.717) is 0 Å². The molecule has 0 amide bonds. The van der Waals surface area contributed by atoms with Crippen molar-refractivity contribution in [3.05, 3.63) is 29.8 Å². The standard InChI is InChI=1S/C13H20N2/c1-14-13-6-4-5-12(11-13)7-10-15-8-2-3-9-15/h4-6,11,14H,2-3,7-10H2,1H3. The van der Waals surface area contributed by atoms with Crippen LogP contribution in [0.25, 0.3) is 0 Å². The zero-order valence-corrected chi connectivity index (χ0v) is 9.50. The van der Waals surface area contributed by atoms with Gasteiger partial charge in [0, 0.05) is 19.3 Å². The average Bonchev–Trinajstić information content (AvgIpc) is 2.79. The van der Waals surface area contributed by atoms with Crippen LogP contribution >= 0.6 is 0 Å². The van der Waals surface area contributed by atoms with Crippen LogP contribution in [0.5, 0.6) is 0 Å². The normalized spacial score (nSPS) is 16.9. The molecule has 1 aromatic rings. The highest BCUT2D eigenvalue weighted by atomic mass is 15.1. The lowest BCUT2D eigenvalue weighted by Gasteiger charge is -2.14. The summed E-state index contributed by atoms with van der Waals surface area (Å²) in [5.41, 5.74) is 2.66. The number of anilines is 1. The summed E-state index contributed by atoms with van der Waals surface area (Å²) in [6, 6.07) is 8.71. The molecule has 0 radical (unpaired) electrons. The molecule has 0 atom stereocenters. The Kier molecular flexibility index (Phi) is 3.62. The Morgan fingerprint density at radius 2 is 2.07 bits per heavy atom. The van der Waals surface area contributed by atoms with Crippen LogP contribution in [0.4, 0.5) is 5.69 Å². The third-order valence-electron chi connectivity index (χ3n) is 3.13. The predicted octanol–water partition coefficient (Wildman–Crippen LogP) is 2.37. The van der Waals surface area contributed by atoms with Gasteiger partial charge in [0.15, 0.2) is 0 Å². The molecule has 1 aliphatic heterocycles. The number of nitrogens with one attached hydrogen (secondary N) is 1. The average molecular weight is 204 g/mol. The summed E-state index contributed by atoms with van der Waals surface area (Å²) in [6.07, 6.45) is 3.95. The molecule has 1 saturated heterocycles. The Balaban J connectivity index is 1.86. The molecule has 2 heteroatoms. The van der Waals surface area contributed by atoms with Crippen molar-refractivity contribution in [3.63, 3.8) is 0 Å². The van der Waals surface area contributed by atoms with Gasteiger partial charge in [0.1, 0.15) is 0 Å². The van der Waals surface area contributed by atoms with Gasteiger partial charge in [0.25, 0.3) is 0 Å². The van der Waals surface area contributed by atoms with Crippen molar-refractivity contribution in [2.75, 3.05) is 32.0 Å². The minimum atomic E-state index is 1.18. The lowest BCUT2D eigenvalue weighted by atomic mass is 10.1. The van der Waals surface area contributed by atoms with Gasteiger partial charge < -0.3 is 10.2 Å². The van der Waals surface area contributed by atoms with E-state index in [-0.39, 0.29) is 0 Å². The number of benzene rings is 1. The molecule has 0 saturated carbocycles. The second-order valence-electron chi connectivity index (χ2n) is 4.25. The summed E-state index contributed by atoms with van der Waals surface area (Å²) >= 11 is 0. The first-order valence-electron chi connectivity index (χ1n) is 5.87. The van der Waals surface area contributed by atoms with Gasteiger partial charge in [0.05, 0.1) is 0 Å². The maximum absolute atomic E-state index is 3.18. The molecular formula is C13H20N2. The fourth-order valence-corrected chi connectivity index (χ4v) is 2.18.